The lowest BCUT2D eigenvalue weighted by atomic mass is 9.91. The predicted molar refractivity (Wildman–Crippen MR) is 99.5 cm³/mol. The second-order valence-electron chi connectivity index (χ2n) is 6.69. The van der Waals surface area contributed by atoms with Gasteiger partial charge in [0, 0.05) is 0 Å². The van der Waals surface area contributed by atoms with E-state index >= 15 is 0 Å². The fourth-order valence-corrected chi connectivity index (χ4v) is 3.48. The Bertz CT molecular complexity index is 331. The van der Waals surface area contributed by atoms with Crippen molar-refractivity contribution in [3.8, 4) is 0 Å². The lowest BCUT2D eigenvalue weighted by Crippen LogP contribution is -2.29. The Morgan fingerprint density at radius 3 is 2.18 bits per heavy atom. The van der Waals surface area contributed by atoms with Gasteiger partial charge in [0.05, 0.1) is 0 Å². The summed E-state index contributed by atoms with van der Waals surface area (Å²) in [6.45, 7) is 9.33. The second kappa shape index (κ2) is 12.7. The van der Waals surface area contributed by atoms with Crippen molar-refractivity contribution in [3.63, 3.8) is 0 Å². The summed E-state index contributed by atoms with van der Waals surface area (Å²) in [5, 5.41) is 3.42. The van der Waals surface area contributed by atoms with Crippen LogP contribution in [0.1, 0.15) is 83.6 Å². The van der Waals surface area contributed by atoms with Gasteiger partial charge in [-0.2, -0.15) is 0 Å². The molecule has 1 nitrogen and oxygen atoms in total. The first-order chi connectivity index (χ1) is 10.8. The lowest BCUT2D eigenvalue weighted by molar-refractivity contribution is 0.355. The highest BCUT2D eigenvalue weighted by atomic mass is 14.9. The Labute approximate surface area is 138 Å². The first kappa shape index (κ1) is 19.2. The monoisotopic (exact) mass is 303 g/mol. The average molecular weight is 304 g/mol. The minimum atomic E-state index is 0.788. The molecule has 22 heavy (non-hydrogen) atoms. The van der Waals surface area contributed by atoms with Gasteiger partial charge in [-0.1, -0.05) is 70.4 Å². The number of nitrogens with one attached hydrogen (secondary N) is 1. The van der Waals surface area contributed by atoms with Gasteiger partial charge in [-0.15, -0.1) is 0 Å². The maximum absolute atomic E-state index is 3.42. The first-order valence-corrected chi connectivity index (χ1v) is 9.57. The van der Waals surface area contributed by atoms with E-state index in [-0.39, 0.29) is 0 Å². The van der Waals surface area contributed by atoms with Crippen molar-refractivity contribution >= 4 is 0 Å². The summed E-state index contributed by atoms with van der Waals surface area (Å²) in [5.41, 5.74) is 1.52. The van der Waals surface area contributed by atoms with Crippen molar-refractivity contribution in [2.24, 2.45) is 5.92 Å². The molecule has 1 unspecified atom stereocenters. The van der Waals surface area contributed by atoms with Crippen LogP contribution in [0.4, 0.5) is 0 Å². The molecule has 0 bridgehead atoms. The molecule has 1 saturated heterocycles. The number of hydrogen-bond donors (Lipinski definition) is 1. The van der Waals surface area contributed by atoms with Crippen LogP contribution in [-0.2, 0) is 0 Å². The summed E-state index contributed by atoms with van der Waals surface area (Å²) in [6, 6.07) is 10.9. The first-order valence-electron chi connectivity index (χ1n) is 9.57. The molecule has 1 fully saturated rings. The summed E-state index contributed by atoms with van der Waals surface area (Å²) in [5.74, 6) is 1.78. The van der Waals surface area contributed by atoms with Gasteiger partial charge in [0.1, 0.15) is 0 Å². The maximum atomic E-state index is 3.42. The zero-order valence-corrected chi connectivity index (χ0v) is 15.1. The molecule has 1 N–H and O–H groups in total. The van der Waals surface area contributed by atoms with Gasteiger partial charge in [-0.25, -0.2) is 0 Å². The van der Waals surface area contributed by atoms with Crippen LogP contribution in [0.25, 0.3) is 0 Å². The van der Waals surface area contributed by atoms with Crippen LogP contribution >= 0.6 is 0 Å². The van der Waals surface area contributed by atoms with Crippen molar-refractivity contribution < 1.29 is 0 Å². The minimum absolute atomic E-state index is 0.788. The third kappa shape index (κ3) is 7.98. The molecule has 1 atom stereocenters. The van der Waals surface area contributed by atoms with Gasteiger partial charge in [0.25, 0.3) is 0 Å². The second-order valence-corrected chi connectivity index (χ2v) is 6.69. The summed E-state index contributed by atoms with van der Waals surface area (Å²) in [4.78, 5) is 0. The maximum Gasteiger partial charge on any atom is -0.00205 e. The van der Waals surface area contributed by atoms with E-state index in [9.17, 15) is 0 Å². The fraction of sp³-hybridized carbons (Fsp3) is 0.714. The molecule has 0 radical (unpaired) electrons. The Balaban J connectivity index is 0.000000235. The highest BCUT2D eigenvalue weighted by Gasteiger charge is 2.10. The molecule has 0 saturated carbocycles. The van der Waals surface area contributed by atoms with E-state index in [0.29, 0.717) is 0 Å². The molecule has 1 aromatic carbocycles. The summed E-state index contributed by atoms with van der Waals surface area (Å²) >= 11 is 0. The minimum Gasteiger partial charge on any atom is -0.316 e. The molecule has 2 rings (SSSR count). The molecule has 0 amide bonds. The quantitative estimate of drug-likeness (QED) is 0.636. The van der Waals surface area contributed by atoms with E-state index < -0.39 is 0 Å². The standard InChI is InChI=1S/C13H20.C8H17N/c1-3-8-12(9-4-2)13-10-6-5-7-11-13;1-2-4-8-5-3-6-9-7-8/h5-7,10-12H,3-4,8-9H2,1-2H3;8-9H,2-7H2,1H3. The molecule has 0 aliphatic carbocycles. The molecular formula is C21H37N. The van der Waals surface area contributed by atoms with Gasteiger partial charge in [-0.05, 0) is 62.6 Å². The van der Waals surface area contributed by atoms with E-state index in [1.807, 2.05) is 0 Å². The van der Waals surface area contributed by atoms with Gasteiger partial charge >= 0.3 is 0 Å². The van der Waals surface area contributed by atoms with Crippen LogP contribution in [0.2, 0.25) is 0 Å². The topological polar surface area (TPSA) is 12.0 Å². The Kier molecular flexibility index (Phi) is 11.1. The molecule has 1 heteroatoms. The average Bonchev–Trinajstić information content (AvgIpc) is 2.57. The number of rotatable bonds is 7. The molecular weight excluding hydrogens is 266 g/mol. The Morgan fingerprint density at radius 1 is 1.00 bits per heavy atom. The number of benzene rings is 1. The van der Waals surface area contributed by atoms with Crippen molar-refractivity contribution in [2.45, 2.75) is 78.1 Å². The van der Waals surface area contributed by atoms with Gasteiger partial charge in [-0.3, -0.25) is 0 Å². The Morgan fingerprint density at radius 2 is 1.68 bits per heavy atom. The largest absolute Gasteiger partial charge is 0.316 e. The van der Waals surface area contributed by atoms with Crippen LogP contribution in [0.15, 0.2) is 30.3 Å². The van der Waals surface area contributed by atoms with Crippen LogP contribution in [0.3, 0.4) is 0 Å². The zero-order valence-electron chi connectivity index (χ0n) is 15.1. The van der Waals surface area contributed by atoms with E-state index in [1.165, 1.54) is 70.0 Å². The molecule has 1 aliphatic rings. The summed E-state index contributed by atoms with van der Waals surface area (Å²) in [6.07, 6.45) is 10.9. The van der Waals surface area contributed by atoms with E-state index in [4.69, 9.17) is 0 Å². The normalized spacial score (nSPS) is 17.9. The summed E-state index contributed by atoms with van der Waals surface area (Å²) in [7, 11) is 0. The predicted octanol–water partition coefficient (Wildman–Crippen LogP) is 6.16. The van der Waals surface area contributed by atoms with Crippen molar-refractivity contribution in [1.82, 2.24) is 5.32 Å². The Hall–Kier alpha value is -0.820. The third-order valence-electron chi connectivity index (χ3n) is 4.64. The molecule has 1 aliphatic heterocycles. The van der Waals surface area contributed by atoms with Crippen molar-refractivity contribution in [2.75, 3.05) is 13.1 Å². The van der Waals surface area contributed by atoms with E-state index in [0.717, 1.165) is 11.8 Å². The molecule has 0 aromatic heterocycles. The summed E-state index contributed by atoms with van der Waals surface area (Å²) < 4.78 is 0. The third-order valence-corrected chi connectivity index (χ3v) is 4.64. The van der Waals surface area contributed by atoms with Crippen molar-refractivity contribution in [3.05, 3.63) is 35.9 Å². The molecule has 1 aromatic rings. The van der Waals surface area contributed by atoms with Crippen LogP contribution in [0, 0.1) is 5.92 Å². The van der Waals surface area contributed by atoms with Gasteiger partial charge < -0.3 is 5.32 Å². The number of hydrogen-bond acceptors (Lipinski definition) is 1. The van der Waals surface area contributed by atoms with Crippen LogP contribution in [-0.4, -0.2) is 13.1 Å². The highest BCUT2D eigenvalue weighted by Crippen LogP contribution is 2.25. The fourth-order valence-electron chi connectivity index (χ4n) is 3.48. The van der Waals surface area contributed by atoms with E-state index in [1.54, 1.807) is 0 Å². The molecule has 126 valence electrons. The number of piperidine rings is 1. The SMILES string of the molecule is CCCC(CCC)c1ccccc1.CCCC1CCCNC1. The van der Waals surface area contributed by atoms with Gasteiger partial charge in [0.2, 0.25) is 0 Å². The van der Waals surface area contributed by atoms with Crippen LogP contribution < -0.4 is 5.32 Å². The smallest absolute Gasteiger partial charge is 0.00205 e. The van der Waals surface area contributed by atoms with Crippen LogP contribution in [0.5, 0.6) is 0 Å². The molecule has 0 spiro atoms. The van der Waals surface area contributed by atoms with E-state index in [2.05, 4.69) is 56.4 Å². The van der Waals surface area contributed by atoms with Gasteiger partial charge in [0.15, 0.2) is 0 Å². The molecule has 1 heterocycles. The lowest BCUT2D eigenvalue weighted by Gasteiger charge is -2.21. The highest BCUT2D eigenvalue weighted by molar-refractivity contribution is 5.19. The zero-order chi connectivity index (χ0) is 16.0. The van der Waals surface area contributed by atoms with Crippen molar-refractivity contribution in [1.29, 1.82) is 0 Å².